The van der Waals surface area contributed by atoms with E-state index in [0.717, 1.165) is 12.8 Å². The Morgan fingerprint density at radius 1 is 1.58 bits per heavy atom. The van der Waals surface area contributed by atoms with E-state index in [2.05, 4.69) is 10.4 Å². The minimum Gasteiger partial charge on any atom is -0.391 e. The molecule has 8 nitrogen and oxygen atoms in total. The molecule has 1 atom stereocenters. The average molecular weight is 267 g/mol. The van der Waals surface area contributed by atoms with Crippen LogP contribution in [0.2, 0.25) is 0 Å². The van der Waals surface area contributed by atoms with Gasteiger partial charge < -0.3 is 21.1 Å². The van der Waals surface area contributed by atoms with Crippen LogP contribution in [0, 0.1) is 0 Å². The zero-order valence-corrected chi connectivity index (χ0v) is 10.5. The Bertz CT molecular complexity index is 473. The first-order chi connectivity index (χ1) is 9.04. The highest BCUT2D eigenvalue weighted by atomic mass is 16.3. The minimum atomic E-state index is -0.500. The molecule has 0 bridgehead atoms. The molecule has 1 saturated heterocycles. The minimum absolute atomic E-state index is 0.0295. The summed E-state index contributed by atoms with van der Waals surface area (Å²) in [7, 11) is 0. The highest BCUT2D eigenvalue weighted by Gasteiger charge is 2.22. The second kappa shape index (κ2) is 5.70. The Balaban J connectivity index is 1.91. The number of rotatable bonds is 3. The molecule has 104 valence electrons. The zero-order chi connectivity index (χ0) is 13.8. The number of nitrogens with zero attached hydrogens (tertiary/aromatic N) is 3. The lowest BCUT2D eigenvalue weighted by molar-refractivity contribution is -0.118. The van der Waals surface area contributed by atoms with E-state index in [1.54, 1.807) is 4.90 Å². The van der Waals surface area contributed by atoms with Crippen LogP contribution in [0.3, 0.4) is 0 Å². The van der Waals surface area contributed by atoms with Crippen molar-refractivity contribution < 1.29 is 14.7 Å². The summed E-state index contributed by atoms with van der Waals surface area (Å²) in [5.41, 5.74) is 5.54. The number of amides is 3. The molecule has 0 unspecified atom stereocenters. The summed E-state index contributed by atoms with van der Waals surface area (Å²) >= 11 is 0. The lowest BCUT2D eigenvalue weighted by atomic mass is 10.1. The predicted molar refractivity (Wildman–Crippen MR) is 67.3 cm³/mol. The van der Waals surface area contributed by atoms with Crippen molar-refractivity contribution in [2.75, 3.05) is 18.4 Å². The van der Waals surface area contributed by atoms with Crippen LogP contribution in [0.15, 0.2) is 12.4 Å². The molecule has 19 heavy (non-hydrogen) atoms. The fourth-order valence-electron chi connectivity index (χ4n) is 2.02. The molecule has 8 heteroatoms. The number of aliphatic hydroxyl groups is 1. The quantitative estimate of drug-likeness (QED) is 0.675. The van der Waals surface area contributed by atoms with E-state index in [-0.39, 0.29) is 12.6 Å². The Kier molecular flexibility index (Phi) is 4.00. The summed E-state index contributed by atoms with van der Waals surface area (Å²) in [6.07, 6.45) is 4.03. The molecule has 4 N–H and O–H groups in total. The van der Waals surface area contributed by atoms with Crippen molar-refractivity contribution in [1.29, 1.82) is 0 Å². The molecule has 1 aromatic heterocycles. The molecular weight excluding hydrogens is 250 g/mol. The van der Waals surface area contributed by atoms with Gasteiger partial charge in [0.25, 0.3) is 0 Å². The molecule has 1 aliphatic rings. The molecule has 1 aromatic rings. The van der Waals surface area contributed by atoms with Gasteiger partial charge in [0, 0.05) is 19.3 Å². The van der Waals surface area contributed by atoms with Crippen molar-refractivity contribution in [2.45, 2.75) is 25.5 Å². The van der Waals surface area contributed by atoms with Gasteiger partial charge in [0.2, 0.25) is 5.91 Å². The highest BCUT2D eigenvalue weighted by molar-refractivity contribution is 5.89. The van der Waals surface area contributed by atoms with Gasteiger partial charge in [0.1, 0.15) is 6.54 Å². The molecule has 0 aromatic carbocycles. The number of aromatic nitrogens is 2. The van der Waals surface area contributed by atoms with Gasteiger partial charge in [-0.25, -0.2) is 4.79 Å². The van der Waals surface area contributed by atoms with Crippen molar-refractivity contribution in [3.05, 3.63) is 12.4 Å². The monoisotopic (exact) mass is 267 g/mol. The fraction of sp³-hybridized carbons (Fsp3) is 0.545. The van der Waals surface area contributed by atoms with E-state index in [1.165, 1.54) is 17.1 Å². The molecule has 0 spiro atoms. The fourth-order valence-corrected chi connectivity index (χ4v) is 2.02. The van der Waals surface area contributed by atoms with Gasteiger partial charge in [0.15, 0.2) is 0 Å². The normalized spacial score (nSPS) is 19.2. The Morgan fingerprint density at radius 2 is 2.37 bits per heavy atom. The number of anilines is 1. The van der Waals surface area contributed by atoms with Crippen molar-refractivity contribution in [3.8, 4) is 0 Å². The lowest BCUT2D eigenvalue weighted by Crippen LogP contribution is -2.44. The molecular formula is C11H17N5O3. The number of primary amides is 1. The van der Waals surface area contributed by atoms with Crippen LogP contribution in [0.25, 0.3) is 0 Å². The van der Waals surface area contributed by atoms with Crippen LogP contribution >= 0.6 is 0 Å². The number of β-amino-alcohol motifs (C(OH)–C–C–N with tert-alkyl or cyclic N) is 1. The maximum Gasteiger partial charge on any atom is 0.322 e. The van der Waals surface area contributed by atoms with Crippen LogP contribution in [-0.2, 0) is 11.3 Å². The number of hydrogen-bond donors (Lipinski definition) is 3. The Morgan fingerprint density at radius 3 is 3.05 bits per heavy atom. The molecule has 2 heterocycles. The van der Waals surface area contributed by atoms with Gasteiger partial charge in [-0.05, 0) is 12.8 Å². The Labute approximate surface area is 110 Å². The SMILES string of the molecule is NC(=O)Cn1cc(NC(=O)N2CCC[C@@H](O)C2)cn1. The number of carbonyl (C=O) groups excluding carboxylic acids is 2. The average Bonchev–Trinajstić information content (AvgIpc) is 2.75. The van der Waals surface area contributed by atoms with Crippen molar-refractivity contribution >= 4 is 17.6 Å². The van der Waals surface area contributed by atoms with Gasteiger partial charge in [-0.3, -0.25) is 9.48 Å². The van der Waals surface area contributed by atoms with Gasteiger partial charge >= 0.3 is 6.03 Å². The van der Waals surface area contributed by atoms with Gasteiger partial charge in [-0.1, -0.05) is 0 Å². The maximum absolute atomic E-state index is 11.9. The van der Waals surface area contributed by atoms with Crippen LogP contribution in [0.4, 0.5) is 10.5 Å². The van der Waals surface area contributed by atoms with Crippen LogP contribution in [0.1, 0.15) is 12.8 Å². The van der Waals surface area contributed by atoms with E-state index < -0.39 is 12.0 Å². The number of nitrogens with one attached hydrogen (secondary N) is 1. The summed E-state index contributed by atoms with van der Waals surface area (Å²) in [6.45, 7) is 0.928. The Hall–Kier alpha value is -2.09. The van der Waals surface area contributed by atoms with Gasteiger partial charge in [-0.15, -0.1) is 0 Å². The second-order valence-electron chi connectivity index (χ2n) is 4.57. The molecule has 0 saturated carbocycles. The first-order valence-electron chi connectivity index (χ1n) is 6.09. The summed E-state index contributed by atoms with van der Waals surface area (Å²) < 4.78 is 1.35. The number of piperidine rings is 1. The molecule has 0 aliphatic carbocycles. The topological polar surface area (TPSA) is 113 Å². The third-order valence-electron chi connectivity index (χ3n) is 2.89. The third kappa shape index (κ3) is 3.68. The van der Waals surface area contributed by atoms with E-state index in [9.17, 15) is 14.7 Å². The first-order valence-corrected chi connectivity index (χ1v) is 6.09. The zero-order valence-electron chi connectivity index (χ0n) is 10.5. The number of urea groups is 1. The summed E-state index contributed by atoms with van der Waals surface area (Å²) in [4.78, 5) is 24.2. The smallest absolute Gasteiger partial charge is 0.322 e. The van der Waals surface area contributed by atoms with Crippen molar-refractivity contribution in [3.63, 3.8) is 0 Å². The third-order valence-corrected chi connectivity index (χ3v) is 2.89. The summed E-state index contributed by atoms with van der Waals surface area (Å²) in [5, 5.41) is 16.1. The van der Waals surface area contributed by atoms with Gasteiger partial charge in [-0.2, -0.15) is 5.10 Å². The van der Waals surface area contributed by atoms with E-state index in [0.29, 0.717) is 18.8 Å². The summed E-state index contributed by atoms with van der Waals surface area (Å²) in [5.74, 6) is -0.500. The molecule has 1 aliphatic heterocycles. The van der Waals surface area contributed by atoms with Crippen molar-refractivity contribution in [1.82, 2.24) is 14.7 Å². The first kappa shape index (κ1) is 13.3. The van der Waals surface area contributed by atoms with Crippen LogP contribution < -0.4 is 11.1 Å². The molecule has 1 fully saturated rings. The number of aliphatic hydroxyl groups excluding tert-OH is 1. The highest BCUT2D eigenvalue weighted by Crippen LogP contribution is 2.12. The number of nitrogens with two attached hydrogens (primary N) is 1. The van der Waals surface area contributed by atoms with Crippen LogP contribution in [0.5, 0.6) is 0 Å². The maximum atomic E-state index is 11.9. The molecule has 2 rings (SSSR count). The van der Waals surface area contributed by atoms with E-state index >= 15 is 0 Å². The van der Waals surface area contributed by atoms with E-state index in [4.69, 9.17) is 5.73 Å². The van der Waals surface area contributed by atoms with Crippen LogP contribution in [-0.4, -0.2) is 50.9 Å². The number of carbonyl (C=O) groups is 2. The number of likely N-dealkylation sites (tertiary alicyclic amines) is 1. The van der Waals surface area contributed by atoms with Crippen molar-refractivity contribution in [2.24, 2.45) is 5.73 Å². The standard InChI is InChI=1S/C11H17N5O3/c12-10(18)7-16-5-8(4-13-16)14-11(19)15-3-1-2-9(17)6-15/h4-5,9,17H,1-3,6-7H2,(H2,12,18)(H,14,19)/t9-/m1/s1. The summed E-state index contributed by atoms with van der Waals surface area (Å²) in [6, 6.07) is -0.280. The van der Waals surface area contributed by atoms with E-state index in [1.807, 2.05) is 0 Å². The largest absolute Gasteiger partial charge is 0.391 e. The van der Waals surface area contributed by atoms with Gasteiger partial charge in [0.05, 0.1) is 18.0 Å². The second-order valence-corrected chi connectivity index (χ2v) is 4.57. The predicted octanol–water partition coefficient (Wildman–Crippen LogP) is -0.643. The number of hydrogen-bond acceptors (Lipinski definition) is 4. The molecule has 3 amide bonds. The molecule has 0 radical (unpaired) electrons. The lowest BCUT2D eigenvalue weighted by Gasteiger charge is -2.29.